The van der Waals surface area contributed by atoms with Crippen molar-refractivity contribution in [1.82, 2.24) is 0 Å². The first kappa shape index (κ1) is 18.8. The number of halogens is 2. The number of fused-ring (bicyclic) bond motifs is 1. The Kier molecular flexibility index (Phi) is 5.32. The summed E-state index contributed by atoms with van der Waals surface area (Å²) < 4.78 is 39.5. The monoisotopic (exact) mass is 416 g/mol. The normalized spacial score (nSPS) is 13.3. The van der Waals surface area contributed by atoms with Gasteiger partial charge < -0.3 is 14.2 Å². The first-order valence-corrected chi connectivity index (χ1v) is 10.1. The lowest BCUT2D eigenvalue weighted by Crippen LogP contribution is -2.16. The summed E-state index contributed by atoms with van der Waals surface area (Å²) in [7, 11) is -3.56. The van der Waals surface area contributed by atoms with Crippen LogP contribution in [0.1, 0.15) is 15.9 Å². The molecular formula is C17H14Cl2O6S. The molecule has 0 bridgehead atoms. The van der Waals surface area contributed by atoms with Crippen LogP contribution in [-0.4, -0.2) is 33.9 Å². The van der Waals surface area contributed by atoms with Gasteiger partial charge in [0.15, 0.2) is 21.3 Å². The summed E-state index contributed by atoms with van der Waals surface area (Å²) in [6.07, 6.45) is 1.01. The van der Waals surface area contributed by atoms with Gasteiger partial charge >= 0.3 is 5.97 Å². The van der Waals surface area contributed by atoms with Gasteiger partial charge in [0, 0.05) is 6.26 Å². The fourth-order valence-electron chi connectivity index (χ4n) is 2.39. The van der Waals surface area contributed by atoms with Gasteiger partial charge in [0.25, 0.3) is 0 Å². The molecule has 2 aromatic carbocycles. The van der Waals surface area contributed by atoms with Gasteiger partial charge in [-0.1, -0.05) is 23.2 Å². The van der Waals surface area contributed by atoms with Crippen LogP contribution >= 0.6 is 23.2 Å². The molecule has 0 radical (unpaired) electrons. The Morgan fingerprint density at radius 3 is 2.58 bits per heavy atom. The van der Waals surface area contributed by atoms with Crippen molar-refractivity contribution in [2.75, 3.05) is 19.5 Å². The molecule has 1 aliphatic rings. The van der Waals surface area contributed by atoms with Gasteiger partial charge in [0.05, 0.1) is 20.5 Å². The molecule has 0 saturated heterocycles. The van der Waals surface area contributed by atoms with E-state index in [1.54, 1.807) is 12.1 Å². The van der Waals surface area contributed by atoms with Crippen LogP contribution in [-0.2, 0) is 21.2 Å². The Labute approximate surface area is 160 Å². The second-order valence-corrected chi connectivity index (χ2v) is 8.39. The van der Waals surface area contributed by atoms with Crippen LogP contribution in [0.25, 0.3) is 0 Å². The molecule has 0 fully saturated rings. The van der Waals surface area contributed by atoms with Crippen molar-refractivity contribution in [1.29, 1.82) is 0 Å². The summed E-state index contributed by atoms with van der Waals surface area (Å²) in [5.74, 6) is 0.265. The smallest absolute Gasteiger partial charge is 0.338 e. The summed E-state index contributed by atoms with van der Waals surface area (Å²) in [4.78, 5) is 12.1. The summed E-state index contributed by atoms with van der Waals surface area (Å²) >= 11 is 12.0. The highest BCUT2D eigenvalue weighted by Gasteiger charge is 2.19. The Morgan fingerprint density at radius 2 is 1.85 bits per heavy atom. The summed E-state index contributed by atoms with van der Waals surface area (Å²) in [5, 5.41) is 0.404. The molecule has 2 aromatic rings. The largest absolute Gasteiger partial charge is 0.486 e. The number of hydrogen-bond donors (Lipinski definition) is 0. The third-order valence-corrected chi connectivity index (χ3v) is 5.45. The van der Waals surface area contributed by atoms with Crippen LogP contribution in [0.3, 0.4) is 0 Å². The van der Waals surface area contributed by atoms with Crippen LogP contribution < -0.4 is 9.47 Å². The fraction of sp³-hybridized carbons (Fsp3) is 0.235. The topological polar surface area (TPSA) is 78.9 Å². The number of hydrogen-bond acceptors (Lipinski definition) is 6. The SMILES string of the molecule is CS(=O)(=O)c1cc(C(=O)OCc2cc(Cl)c3c(c2)OCCO3)ccc1Cl. The predicted molar refractivity (Wildman–Crippen MR) is 96.1 cm³/mol. The Hall–Kier alpha value is -1.96. The van der Waals surface area contributed by atoms with E-state index in [0.717, 1.165) is 6.26 Å². The van der Waals surface area contributed by atoms with Gasteiger partial charge in [-0.25, -0.2) is 13.2 Å². The quantitative estimate of drug-likeness (QED) is 0.709. The summed E-state index contributed by atoms with van der Waals surface area (Å²) in [6, 6.07) is 7.23. The second kappa shape index (κ2) is 7.34. The molecule has 9 heteroatoms. The minimum absolute atomic E-state index is 0.0441. The highest BCUT2D eigenvalue weighted by Crippen LogP contribution is 2.38. The third-order valence-electron chi connectivity index (χ3n) is 3.59. The lowest BCUT2D eigenvalue weighted by atomic mass is 10.2. The predicted octanol–water partition coefficient (Wildman–Crippen LogP) is 3.53. The number of carbonyl (C=O) groups is 1. The number of carbonyl (C=O) groups excluding carboxylic acids is 1. The van der Waals surface area contributed by atoms with E-state index in [4.69, 9.17) is 37.4 Å². The molecule has 0 aliphatic carbocycles. The maximum atomic E-state index is 12.2. The summed E-state index contributed by atoms with van der Waals surface area (Å²) in [5.41, 5.74) is 0.698. The minimum atomic E-state index is -3.56. The molecule has 26 heavy (non-hydrogen) atoms. The fourth-order valence-corrected chi connectivity index (χ4v) is 3.98. The van der Waals surface area contributed by atoms with E-state index in [2.05, 4.69) is 0 Å². The average Bonchev–Trinajstić information content (AvgIpc) is 2.59. The lowest BCUT2D eigenvalue weighted by molar-refractivity contribution is 0.0471. The molecule has 0 atom stereocenters. The highest BCUT2D eigenvalue weighted by atomic mass is 35.5. The third kappa shape index (κ3) is 4.06. The van der Waals surface area contributed by atoms with Crippen LogP contribution in [0.5, 0.6) is 11.5 Å². The lowest BCUT2D eigenvalue weighted by Gasteiger charge is -2.20. The second-order valence-electron chi connectivity index (χ2n) is 5.60. The van der Waals surface area contributed by atoms with Crippen LogP contribution in [0.4, 0.5) is 0 Å². The van der Waals surface area contributed by atoms with Crippen molar-refractivity contribution in [3.63, 3.8) is 0 Å². The number of sulfone groups is 1. The molecular weight excluding hydrogens is 403 g/mol. The Morgan fingerprint density at radius 1 is 1.12 bits per heavy atom. The zero-order valence-electron chi connectivity index (χ0n) is 13.6. The molecule has 1 aliphatic heterocycles. The van der Waals surface area contributed by atoms with Crippen molar-refractivity contribution in [2.45, 2.75) is 11.5 Å². The van der Waals surface area contributed by atoms with Gasteiger partial charge in [0.1, 0.15) is 19.8 Å². The Bertz CT molecular complexity index is 971. The zero-order chi connectivity index (χ0) is 18.9. The van der Waals surface area contributed by atoms with Crippen molar-refractivity contribution in [2.24, 2.45) is 0 Å². The van der Waals surface area contributed by atoms with Crippen LogP contribution in [0.15, 0.2) is 35.2 Å². The molecule has 0 N–H and O–H groups in total. The van der Waals surface area contributed by atoms with Crippen molar-refractivity contribution in [3.8, 4) is 11.5 Å². The van der Waals surface area contributed by atoms with E-state index in [-0.39, 0.29) is 22.1 Å². The van der Waals surface area contributed by atoms with Gasteiger partial charge in [-0.15, -0.1) is 0 Å². The highest BCUT2D eigenvalue weighted by molar-refractivity contribution is 7.90. The van der Waals surface area contributed by atoms with E-state index >= 15 is 0 Å². The van der Waals surface area contributed by atoms with E-state index < -0.39 is 15.8 Å². The maximum absolute atomic E-state index is 12.2. The average molecular weight is 417 g/mol. The molecule has 0 saturated carbocycles. The standard InChI is InChI=1S/C17H14Cl2O6S/c1-26(21,22)15-8-11(2-3-12(15)18)17(20)25-9-10-6-13(19)16-14(7-10)23-4-5-24-16/h2-3,6-8H,4-5,9H2,1H3. The van der Waals surface area contributed by atoms with E-state index in [1.807, 2.05) is 0 Å². The van der Waals surface area contributed by atoms with Crippen LogP contribution in [0.2, 0.25) is 10.0 Å². The minimum Gasteiger partial charge on any atom is -0.486 e. The number of benzene rings is 2. The van der Waals surface area contributed by atoms with E-state index in [1.165, 1.54) is 18.2 Å². The molecule has 1 heterocycles. The van der Waals surface area contributed by atoms with Gasteiger partial charge in [-0.3, -0.25) is 0 Å². The molecule has 6 nitrogen and oxygen atoms in total. The molecule has 3 rings (SSSR count). The molecule has 138 valence electrons. The molecule has 0 amide bonds. The number of rotatable bonds is 4. The first-order valence-electron chi connectivity index (χ1n) is 7.50. The molecule has 0 unspecified atom stereocenters. The Balaban J connectivity index is 1.77. The van der Waals surface area contributed by atoms with Gasteiger partial charge in [-0.05, 0) is 35.9 Å². The number of esters is 1. The summed E-state index contributed by atoms with van der Waals surface area (Å²) in [6.45, 7) is 0.762. The maximum Gasteiger partial charge on any atom is 0.338 e. The van der Waals surface area contributed by atoms with E-state index in [9.17, 15) is 13.2 Å². The zero-order valence-corrected chi connectivity index (χ0v) is 16.0. The first-order chi connectivity index (χ1) is 12.3. The van der Waals surface area contributed by atoms with Gasteiger partial charge in [0.2, 0.25) is 0 Å². The number of ether oxygens (including phenoxy) is 3. The van der Waals surface area contributed by atoms with Crippen molar-refractivity contribution >= 4 is 39.0 Å². The molecule has 0 spiro atoms. The van der Waals surface area contributed by atoms with Crippen molar-refractivity contribution < 1.29 is 27.4 Å². The van der Waals surface area contributed by atoms with Crippen molar-refractivity contribution in [3.05, 3.63) is 51.5 Å². The van der Waals surface area contributed by atoms with E-state index in [0.29, 0.717) is 35.3 Å². The molecule has 0 aromatic heterocycles. The van der Waals surface area contributed by atoms with Crippen LogP contribution in [0, 0.1) is 0 Å². The van der Waals surface area contributed by atoms with Gasteiger partial charge in [-0.2, -0.15) is 0 Å².